The molecule has 1 saturated carbocycles. The van der Waals surface area contributed by atoms with E-state index < -0.39 is 17.3 Å². The van der Waals surface area contributed by atoms with Gasteiger partial charge in [-0.3, -0.25) is 0 Å². The van der Waals surface area contributed by atoms with Crippen molar-refractivity contribution in [3.63, 3.8) is 0 Å². The van der Waals surface area contributed by atoms with E-state index in [9.17, 15) is 14.8 Å². The summed E-state index contributed by atoms with van der Waals surface area (Å²) in [5.74, 6) is 0.525. The van der Waals surface area contributed by atoms with Gasteiger partial charge in [-0.05, 0) is 43.6 Å². The van der Waals surface area contributed by atoms with E-state index >= 15 is 0 Å². The van der Waals surface area contributed by atoms with Crippen LogP contribution in [0.5, 0.6) is 0 Å². The smallest absolute Gasteiger partial charge is 0.147 e. The van der Waals surface area contributed by atoms with Gasteiger partial charge >= 0.3 is 0 Å². The number of benzene rings is 1. The molecule has 1 fully saturated rings. The second kappa shape index (κ2) is 6.34. The molecule has 21 heavy (non-hydrogen) atoms. The minimum atomic E-state index is -1.13. The molecule has 0 aromatic heterocycles. The predicted octanol–water partition coefficient (Wildman–Crippen LogP) is 4.87. The van der Waals surface area contributed by atoms with Gasteiger partial charge in [0, 0.05) is 5.56 Å². The summed E-state index contributed by atoms with van der Waals surface area (Å²) in [5.41, 5.74) is -0.774. The molecule has 0 bridgehead atoms. The van der Waals surface area contributed by atoms with Gasteiger partial charge in [0.2, 0.25) is 0 Å². The molecule has 4 heteroatoms. The van der Waals surface area contributed by atoms with E-state index in [-0.39, 0.29) is 10.6 Å². The van der Waals surface area contributed by atoms with E-state index in [4.69, 9.17) is 11.6 Å². The van der Waals surface area contributed by atoms with Crippen LogP contribution in [0.3, 0.4) is 0 Å². The molecule has 1 aromatic carbocycles. The average molecular weight is 310 g/mol. The molecule has 114 valence electrons. The van der Waals surface area contributed by atoms with Crippen LogP contribution in [0.1, 0.15) is 51.2 Å². The van der Waals surface area contributed by atoms with Crippen molar-refractivity contribution in [3.8, 4) is 6.07 Å². The summed E-state index contributed by atoms with van der Waals surface area (Å²) in [4.78, 5) is 0. The maximum absolute atomic E-state index is 14.1. The number of aliphatic hydroxyl groups is 1. The van der Waals surface area contributed by atoms with Gasteiger partial charge in [-0.1, -0.05) is 37.6 Å². The Bertz CT molecular complexity index is 544. The molecule has 2 rings (SSSR count). The van der Waals surface area contributed by atoms with Crippen molar-refractivity contribution < 1.29 is 9.50 Å². The fourth-order valence-electron chi connectivity index (χ4n) is 3.30. The summed E-state index contributed by atoms with van der Waals surface area (Å²) in [6.45, 7) is 4.36. The molecule has 1 atom stereocenters. The molecule has 0 amide bonds. The number of hydrogen-bond donors (Lipinski definition) is 1. The molecular formula is C17H21ClFNO. The first-order chi connectivity index (χ1) is 9.91. The van der Waals surface area contributed by atoms with Crippen LogP contribution in [0.25, 0.3) is 0 Å². The number of halogens is 2. The first-order valence-electron chi connectivity index (χ1n) is 7.44. The predicted molar refractivity (Wildman–Crippen MR) is 81.2 cm³/mol. The highest BCUT2D eigenvalue weighted by Gasteiger charge is 2.43. The summed E-state index contributed by atoms with van der Waals surface area (Å²) in [6.07, 6.45) is 1.85. The normalized spacial score (nSPS) is 27.4. The topological polar surface area (TPSA) is 44.0 Å². The minimum Gasteiger partial charge on any atom is -0.387 e. The van der Waals surface area contributed by atoms with E-state index in [1.165, 1.54) is 12.1 Å². The third-order valence-electron chi connectivity index (χ3n) is 4.89. The van der Waals surface area contributed by atoms with Gasteiger partial charge in [-0.25, -0.2) is 4.39 Å². The Labute approximate surface area is 130 Å². The second-order valence-electron chi connectivity index (χ2n) is 6.39. The summed E-state index contributed by atoms with van der Waals surface area (Å²) in [6, 6.07) is 6.83. The summed E-state index contributed by atoms with van der Waals surface area (Å²) >= 11 is 5.78. The summed E-state index contributed by atoms with van der Waals surface area (Å²) in [5, 5.41) is 20.2. The Balaban J connectivity index is 2.26. The summed E-state index contributed by atoms with van der Waals surface area (Å²) < 4.78 is 14.1. The van der Waals surface area contributed by atoms with Crippen LogP contribution in [0, 0.1) is 34.4 Å². The number of aliphatic hydroxyl groups excluding tert-OH is 1. The van der Waals surface area contributed by atoms with Crippen molar-refractivity contribution in [2.24, 2.45) is 17.3 Å². The molecule has 0 aliphatic heterocycles. The van der Waals surface area contributed by atoms with E-state index in [0.29, 0.717) is 24.7 Å². The zero-order valence-corrected chi connectivity index (χ0v) is 13.2. The van der Waals surface area contributed by atoms with Gasteiger partial charge in [0.05, 0.1) is 16.5 Å². The SMILES string of the molecule is CC(C)C1CCC(C#N)(C(O)c2cccc(Cl)c2F)CC1. The molecule has 1 N–H and O–H groups in total. The van der Waals surface area contributed by atoms with Crippen LogP contribution < -0.4 is 0 Å². The quantitative estimate of drug-likeness (QED) is 0.865. The first kappa shape index (κ1) is 16.3. The van der Waals surface area contributed by atoms with Crippen LogP contribution in [0.2, 0.25) is 5.02 Å². The Morgan fingerprint density at radius 2 is 2.00 bits per heavy atom. The van der Waals surface area contributed by atoms with Crippen LogP contribution in [0.4, 0.5) is 4.39 Å². The second-order valence-corrected chi connectivity index (χ2v) is 6.80. The van der Waals surface area contributed by atoms with E-state index in [1.807, 2.05) is 0 Å². The van der Waals surface area contributed by atoms with Crippen LogP contribution in [-0.2, 0) is 0 Å². The highest BCUT2D eigenvalue weighted by Crippen LogP contribution is 2.49. The largest absolute Gasteiger partial charge is 0.387 e. The fraction of sp³-hybridized carbons (Fsp3) is 0.588. The molecule has 0 spiro atoms. The minimum absolute atomic E-state index is 0.0180. The molecule has 1 aliphatic carbocycles. The fourth-order valence-corrected chi connectivity index (χ4v) is 3.48. The van der Waals surface area contributed by atoms with Gasteiger partial charge in [0.1, 0.15) is 11.9 Å². The van der Waals surface area contributed by atoms with Crippen molar-refractivity contribution in [2.45, 2.75) is 45.6 Å². The Hall–Kier alpha value is -1.11. The average Bonchev–Trinajstić information content (AvgIpc) is 2.49. The molecule has 1 aliphatic rings. The maximum atomic E-state index is 14.1. The lowest BCUT2D eigenvalue weighted by Gasteiger charge is -2.39. The molecular weight excluding hydrogens is 289 g/mol. The number of nitriles is 1. The molecule has 0 saturated heterocycles. The Morgan fingerprint density at radius 3 is 2.52 bits per heavy atom. The third kappa shape index (κ3) is 3.07. The van der Waals surface area contributed by atoms with Crippen LogP contribution >= 0.6 is 11.6 Å². The first-order valence-corrected chi connectivity index (χ1v) is 7.82. The third-order valence-corrected chi connectivity index (χ3v) is 5.18. The number of rotatable bonds is 3. The lowest BCUT2D eigenvalue weighted by molar-refractivity contribution is 0.0168. The molecule has 2 nitrogen and oxygen atoms in total. The van der Waals surface area contributed by atoms with Gasteiger partial charge in [-0.15, -0.1) is 0 Å². The maximum Gasteiger partial charge on any atom is 0.147 e. The zero-order valence-electron chi connectivity index (χ0n) is 12.4. The van der Waals surface area contributed by atoms with Crippen molar-refractivity contribution in [1.29, 1.82) is 5.26 Å². The molecule has 1 unspecified atom stereocenters. The van der Waals surface area contributed by atoms with Gasteiger partial charge in [0.25, 0.3) is 0 Å². The molecule has 0 heterocycles. The van der Waals surface area contributed by atoms with E-state index in [1.54, 1.807) is 6.07 Å². The lowest BCUT2D eigenvalue weighted by atomic mass is 9.65. The lowest BCUT2D eigenvalue weighted by Crippen LogP contribution is -2.34. The molecule has 1 aromatic rings. The van der Waals surface area contributed by atoms with Gasteiger partial charge in [-0.2, -0.15) is 5.26 Å². The monoisotopic (exact) mass is 309 g/mol. The number of nitrogens with zero attached hydrogens (tertiary/aromatic N) is 1. The standard InChI is InChI=1S/C17H21ClFNO/c1-11(2)12-6-8-17(10-20,9-7-12)16(21)13-4-3-5-14(18)15(13)19/h3-5,11-12,16,21H,6-9H2,1-2H3. The zero-order chi connectivity index (χ0) is 15.6. The van der Waals surface area contributed by atoms with Crippen molar-refractivity contribution >= 4 is 11.6 Å². The van der Waals surface area contributed by atoms with Crippen LogP contribution in [0.15, 0.2) is 18.2 Å². The van der Waals surface area contributed by atoms with Gasteiger partial charge in [0.15, 0.2) is 0 Å². The highest BCUT2D eigenvalue weighted by atomic mass is 35.5. The van der Waals surface area contributed by atoms with E-state index in [2.05, 4.69) is 19.9 Å². The summed E-state index contributed by atoms with van der Waals surface area (Å²) in [7, 11) is 0. The van der Waals surface area contributed by atoms with Gasteiger partial charge < -0.3 is 5.11 Å². The van der Waals surface area contributed by atoms with Crippen molar-refractivity contribution in [1.82, 2.24) is 0 Å². The molecule has 0 radical (unpaired) electrons. The Kier molecular flexibility index (Phi) is 4.91. The van der Waals surface area contributed by atoms with E-state index in [0.717, 1.165) is 12.8 Å². The Morgan fingerprint density at radius 1 is 1.38 bits per heavy atom. The van der Waals surface area contributed by atoms with Crippen molar-refractivity contribution in [3.05, 3.63) is 34.6 Å². The van der Waals surface area contributed by atoms with Crippen LogP contribution in [-0.4, -0.2) is 5.11 Å². The highest BCUT2D eigenvalue weighted by molar-refractivity contribution is 6.30. The number of hydrogen-bond acceptors (Lipinski definition) is 2. The van der Waals surface area contributed by atoms with Crippen molar-refractivity contribution in [2.75, 3.05) is 0 Å².